The van der Waals surface area contributed by atoms with Crippen molar-refractivity contribution in [3.63, 3.8) is 0 Å². The van der Waals surface area contributed by atoms with Crippen LogP contribution in [-0.2, 0) is 15.6 Å². The van der Waals surface area contributed by atoms with Crippen LogP contribution in [0.15, 0.2) is 42.9 Å². The van der Waals surface area contributed by atoms with E-state index in [1.807, 2.05) is 0 Å². The maximum atomic E-state index is 11.6. The van der Waals surface area contributed by atoms with E-state index >= 15 is 0 Å². The third-order valence-corrected chi connectivity index (χ3v) is 4.88. The Hall–Kier alpha value is -0.820. The Balaban J connectivity index is 0.00000264. The summed E-state index contributed by atoms with van der Waals surface area (Å²) in [6.07, 6.45) is 4.10. The molecule has 2 aromatic rings. The van der Waals surface area contributed by atoms with Crippen LogP contribution in [0.2, 0.25) is 0 Å². The Morgan fingerprint density at radius 3 is 2.04 bits per heavy atom. The molecule has 8 nitrogen and oxygen atoms in total. The first-order valence-electron chi connectivity index (χ1n) is 6.32. The normalized spacial score (nSPS) is 11.4. The Kier molecular flexibility index (Phi) is 8.23. The molecule has 0 bridgehead atoms. The van der Waals surface area contributed by atoms with Crippen molar-refractivity contribution in [1.29, 1.82) is 0 Å². The average molecular weight is 417 g/mol. The number of nitrogens with zero attached hydrogens (tertiary/aromatic N) is 2. The summed E-state index contributed by atoms with van der Waals surface area (Å²) in [6, 6.07) is 6.19. The molecule has 12 heteroatoms. The van der Waals surface area contributed by atoms with Gasteiger partial charge >= 0.3 is 15.5 Å². The van der Waals surface area contributed by atoms with E-state index in [9.17, 15) is 28.7 Å². The van der Waals surface area contributed by atoms with Gasteiger partial charge in [-0.2, -0.15) is 9.13 Å². The highest BCUT2D eigenvalue weighted by Gasteiger charge is 2.33. The van der Waals surface area contributed by atoms with Crippen molar-refractivity contribution in [3.8, 4) is 11.1 Å². The summed E-state index contributed by atoms with van der Waals surface area (Å²) in [5, 5.41) is 0. The van der Waals surface area contributed by atoms with E-state index in [0.717, 1.165) is 8.68 Å². The van der Waals surface area contributed by atoms with Crippen LogP contribution in [0, 0.1) is 0 Å². The van der Waals surface area contributed by atoms with Gasteiger partial charge in [0, 0.05) is 18.6 Å². The van der Waals surface area contributed by atoms with Crippen LogP contribution in [0.4, 0.5) is 0 Å². The maximum Gasteiger partial charge on any atom is 0.607 e. The minimum absolute atomic E-state index is 0. The predicted octanol–water partition coefficient (Wildman–Crippen LogP) is -5.62. The van der Waals surface area contributed by atoms with Crippen molar-refractivity contribution in [2.24, 2.45) is 0 Å². The number of hydrogen-bond acceptors (Lipinski definition) is 2. The fourth-order valence-corrected chi connectivity index (χ4v) is 3.51. The van der Waals surface area contributed by atoms with E-state index in [4.69, 9.17) is 0 Å². The van der Waals surface area contributed by atoms with Crippen molar-refractivity contribution in [2.45, 2.75) is 13.3 Å². The van der Waals surface area contributed by atoms with Gasteiger partial charge in [-0.1, -0.05) is 6.92 Å². The lowest BCUT2D eigenvalue weighted by atomic mass is 10.1. The van der Waals surface area contributed by atoms with Crippen LogP contribution in [0.1, 0.15) is 12.6 Å². The standard InChI is InChI=1S/C12H14N2O6P2.2ClH/c1-2-12-11(6-4-8-14(12)22(18,19)20)10-5-3-7-13(9-10)21(15,16)17;;/h3-9H,2H2,1H3,(H2-2,15,16,17,18,19,20);2*1H. The number of halogens is 2. The van der Waals surface area contributed by atoms with E-state index < -0.39 is 15.5 Å². The maximum absolute atomic E-state index is 11.6. The van der Waals surface area contributed by atoms with E-state index in [-0.39, 0.29) is 24.8 Å². The van der Waals surface area contributed by atoms with Gasteiger partial charge in [0.2, 0.25) is 0 Å². The van der Waals surface area contributed by atoms with Crippen molar-refractivity contribution >= 4 is 15.5 Å². The predicted molar refractivity (Wildman–Crippen MR) is 76.5 cm³/mol. The Labute approximate surface area is 151 Å². The molecule has 0 aliphatic rings. The number of pyridine rings is 2. The molecule has 0 atom stereocenters. The van der Waals surface area contributed by atoms with Gasteiger partial charge in [-0.25, -0.2) is 0 Å². The topological polar surface area (TPSA) is 123 Å². The van der Waals surface area contributed by atoms with Crippen LogP contribution in [0.3, 0.4) is 0 Å². The first kappa shape index (κ1) is 23.2. The van der Waals surface area contributed by atoms with E-state index in [0.29, 0.717) is 23.2 Å². The third-order valence-electron chi connectivity index (χ3n) is 3.09. The summed E-state index contributed by atoms with van der Waals surface area (Å²) in [5.74, 6) is 0. The van der Waals surface area contributed by atoms with Crippen LogP contribution >= 0.6 is 15.5 Å². The molecule has 0 aliphatic carbocycles. The Morgan fingerprint density at radius 2 is 1.54 bits per heavy atom. The first-order chi connectivity index (χ1) is 10.1. The molecule has 4 N–H and O–H groups in total. The smallest absolute Gasteiger partial charge is 0.607 e. The summed E-state index contributed by atoms with van der Waals surface area (Å²) in [4.78, 5) is 37.2. The van der Waals surface area contributed by atoms with Crippen LogP contribution in [0.25, 0.3) is 11.1 Å². The fourth-order valence-electron chi connectivity index (χ4n) is 2.17. The highest BCUT2D eigenvalue weighted by atomic mass is 35.5. The lowest BCUT2D eigenvalue weighted by molar-refractivity contribution is -0.548. The van der Waals surface area contributed by atoms with E-state index in [1.54, 1.807) is 19.1 Å². The lowest BCUT2D eigenvalue weighted by Crippen LogP contribution is -3.00. The van der Waals surface area contributed by atoms with Gasteiger partial charge in [-0.05, 0) is 12.1 Å². The summed E-state index contributed by atoms with van der Waals surface area (Å²) in [5.41, 5.74) is 1.32. The van der Waals surface area contributed by atoms with Gasteiger partial charge in [-0.3, -0.25) is 19.6 Å². The van der Waals surface area contributed by atoms with Gasteiger partial charge in [-0.15, -0.1) is 8.68 Å². The van der Waals surface area contributed by atoms with Crippen LogP contribution in [-0.4, -0.2) is 19.6 Å². The molecule has 0 unspecified atom stereocenters. The van der Waals surface area contributed by atoms with Crippen molar-refractivity contribution in [1.82, 2.24) is 0 Å². The Morgan fingerprint density at radius 1 is 0.958 bits per heavy atom. The second kappa shape index (κ2) is 8.52. The van der Waals surface area contributed by atoms with Gasteiger partial charge in [0.1, 0.15) is 0 Å². The Bertz CT molecular complexity index is 808. The second-order valence-electron chi connectivity index (χ2n) is 4.57. The molecule has 24 heavy (non-hydrogen) atoms. The van der Waals surface area contributed by atoms with E-state index in [1.165, 1.54) is 30.7 Å². The summed E-state index contributed by atoms with van der Waals surface area (Å²) in [6.45, 7) is 1.74. The first-order valence-corrected chi connectivity index (χ1v) is 9.45. The molecule has 0 aromatic carbocycles. The molecule has 2 heterocycles. The minimum atomic E-state index is -4.51. The molecule has 0 saturated heterocycles. The molecule has 2 rings (SSSR count). The number of rotatable bonds is 4. The zero-order chi connectivity index (χ0) is 16.5. The molecule has 0 aliphatic heterocycles. The lowest BCUT2D eigenvalue weighted by Gasteiger charge is -2.08. The minimum Gasteiger partial charge on any atom is -1.00 e. The molecule has 0 radical (unpaired) electrons. The number of hydrogen-bond donors (Lipinski definition) is 4. The second-order valence-corrected chi connectivity index (χ2v) is 7.51. The average Bonchev–Trinajstić information content (AvgIpc) is 2.44. The van der Waals surface area contributed by atoms with Gasteiger partial charge < -0.3 is 24.8 Å². The largest absolute Gasteiger partial charge is 1.00 e. The summed E-state index contributed by atoms with van der Waals surface area (Å²) >= 11 is 0. The van der Waals surface area contributed by atoms with Gasteiger partial charge in [0.05, 0.1) is 11.1 Å². The highest BCUT2D eigenvalue weighted by molar-refractivity contribution is 7.44. The van der Waals surface area contributed by atoms with E-state index in [2.05, 4.69) is 0 Å². The summed E-state index contributed by atoms with van der Waals surface area (Å²) < 4.78 is 24.5. The molecular formula is C12H16Cl2N2O6P2. The van der Waals surface area contributed by atoms with Crippen LogP contribution < -0.4 is 33.5 Å². The van der Waals surface area contributed by atoms with Gasteiger partial charge in [0.25, 0.3) is 0 Å². The quantitative estimate of drug-likeness (QED) is 0.368. The molecule has 0 saturated carbocycles. The van der Waals surface area contributed by atoms with Crippen molar-refractivity contribution < 1.29 is 62.2 Å². The highest BCUT2D eigenvalue weighted by Crippen LogP contribution is 2.33. The van der Waals surface area contributed by atoms with Crippen molar-refractivity contribution in [2.75, 3.05) is 0 Å². The third kappa shape index (κ3) is 5.09. The SMILES string of the molecule is CCc1c(-c2ccc[n+](P(=O)(O)O)c2)ccc[n+]1P(=O)(O)O.[Cl-].[Cl-]. The molecule has 134 valence electrons. The molecule has 0 fully saturated rings. The van der Waals surface area contributed by atoms with Gasteiger partial charge in [0.15, 0.2) is 24.3 Å². The molecule has 0 spiro atoms. The molecular weight excluding hydrogens is 401 g/mol. The molecule has 0 amide bonds. The monoisotopic (exact) mass is 416 g/mol. The number of aromatic nitrogens is 2. The fraction of sp³-hybridized carbons (Fsp3) is 0.167. The zero-order valence-electron chi connectivity index (χ0n) is 12.4. The van der Waals surface area contributed by atoms with Crippen molar-refractivity contribution in [3.05, 3.63) is 48.5 Å². The molecule has 2 aromatic heterocycles. The van der Waals surface area contributed by atoms with Crippen LogP contribution in [0.5, 0.6) is 0 Å². The zero-order valence-corrected chi connectivity index (χ0v) is 15.7. The summed E-state index contributed by atoms with van der Waals surface area (Å²) in [7, 11) is -8.98.